The molecular weight excluding hydrogens is 447 g/mol. The van der Waals surface area contributed by atoms with Crippen LogP contribution in [-0.2, 0) is 12.7 Å². The average Bonchev–Trinajstić information content (AvgIpc) is 3.46. The summed E-state index contributed by atoms with van der Waals surface area (Å²) in [6.07, 6.45) is -0.670. The molecule has 0 aliphatic heterocycles. The van der Waals surface area contributed by atoms with Crippen molar-refractivity contribution in [1.29, 1.82) is 0 Å². The summed E-state index contributed by atoms with van der Waals surface area (Å²) in [4.78, 5) is 8.86. The number of hydrogen-bond donors (Lipinski definition) is 2. The lowest BCUT2D eigenvalue weighted by Crippen LogP contribution is -2.09. The van der Waals surface area contributed by atoms with Crippen LogP contribution in [0.3, 0.4) is 0 Å². The van der Waals surface area contributed by atoms with Crippen molar-refractivity contribution in [3.8, 4) is 11.4 Å². The van der Waals surface area contributed by atoms with E-state index < -0.39 is 11.7 Å². The van der Waals surface area contributed by atoms with E-state index in [1.54, 1.807) is 21.5 Å². The summed E-state index contributed by atoms with van der Waals surface area (Å²) in [7, 11) is 0. The van der Waals surface area contributed by atoms with Crippen molar-refractivity contribution in [3.63, 3.8) is 0 Å². The van der Waals surface area contributed by atoms with Crippen LogP contribution in [-0.4, -0.2) is 47.6 Å². The monoisotopic (exact) mass is 467 g/mol. The molecule has 0 aliphatic rings. The molecule has 0 fully saturated rings. The molecule has 5 aromatic rings. The minimum absolute atomic E-state index is 0.0285. The highest BCUT2D eigenvalue weighted by Crippen LogP contribution is 2.33. The van der Waals surface area contributed by atoms with Gasteiger partial charge in [-0.1, -0.05) is 35.5 Å². The first-order chi connectivity index (χ1) is 16.4. The zero-order valence-electron chi connectivity index (χ0n) is 17.9. The van der Waals surface area contributed by atoms with Crippen molar-refractivity contribution >= 4 is 22.5 Å². The zero-order valence-corrected chi connectivity index (χ0v) is 17.9. The third kappa shape index (κ3) is 4.17. The molecule has 34 heavy (non-hydrogen) atoms. The van der Waals surface area contributed by atoms with Crippen molar-refractivity contribution < 1.29 is 18.3 Å². The second-order valence-electron chi connectivity index (χ2n) is 7.76. The fraction of sp³-hybridized carbons (Fsp3) is 0.217. The minimum Gasteiger partial charge on any atom is -0.396 e. The lowest BCUT2D eigenvalue weighted by atomic mass is 10.2. The number of nitrogens with one attached hydrogen (secondary N) is 1. The van der Waals surface area contributed by atoms with E-state index in [1.165, 1.54) is 6.07 Å². The fourth-order valence-electron chi connectivity index (χ4n) is 3.76. The number of aliphatic hydroxyl groups excluding tert-OH is 1. The van der Waals surface area contributed by atoms with Crippen molar-refractivity contribution in [1.82, 2.24) is 29.4 Å². The number of imidazole rings is 1. The largest absolute Gasteiger partial charge is 0.416 e. The molecule has 2 N–H and O–H groups in total. The molecule has 0 saturated carbocycles. The van der Waals surface area contributed by atoms with Crippen LogP contribution in [0.5, 0.6) is 0 Å². The summed E-state index contributed by atoms with van der Waals surface area (Å²) < 4.78 is 43.4. The number of rotatable bonds is 7. The summed E-state index contributed by atoms with van der Waals surface area (Å²) in [5, 5.41) is 20.6. The molecule has 0 unspecified atom stereocenters. The Hall–Kier alpha value is -3.99. The van der Waals surface area contributed by atoms with Gasteiger partial charge in [0.1, 0.15) is 5.69 Å². The van der Waals surface area contributed by atoms with Crippen LogP contribution in [0.1, 0.15) is 17.5 Å². The number of aromatic nitrogens is 6. The molecule has 5 rings (SSSR count). The molecule has 11 heteroatoms. The predicted molar refractivity (Wildman–Crippen MR) is 120 cm³/mol. The maximum atomic E-state index is 13.3. The van der Waals surface area contributed by atoms with Gasteiger partial charge in [0.25, 0.3) is 0 Å². The van der Waals surface area contributed by atoms with E-state index >= 15 is 0 Å². The van der Waals surface area contributed by atoms with E-state index in [0.29, 0.717) is 47.9 Å². The van der Waals surface area contributed by atoms with E-state index in [-0.39, 0.29) is 12.1 Å². The van der Waals surface area contributed by atoms with Gasteiger partial charge in [-0.3, -0.25) is 4.40 Å². The van der Waals surface area contributed by atoms with Crippen LogP contribution in [0.15, 0.2) is 60.9 Å². The first-order valence-corrected chi connectivity index (χ1v) is 10.6. The van der Waals surface area contributed by atoms with Gasteiger partial charge in [0, 0.05) is 13.2 Å². The standard InChI is InChI=1S/C23H20F3N7O/c24-23(25,26)16-7-8-19-17(11-16)29-21(27-9-4-10-34)22-28-12-20(33(19)22)18-14-32(31-30-18)13-15-5-2-1-3-6-15/h1-3,5-8,11-12,14,34H,4,9-10,13H2,(H,27,29). The number of hydrogen-bond acceptors (Lipinski definition) is 6. The van der Waals surface area contributed by atoms with Crippen molar-refractivity contribution in [2.24, 2.45) is 0 Å². The van der Waals surface area contributed by atoms with Crippen molar-refractivity contribution in [2.45, 2.75) is 19.1 Å². The van der Waals surface area contributed by atoms with Gasteiger partial charge in [0.2, 0.25) is 0 Å². The Morgan fingerprint density at radius 2 is 1.88 bits per heavy atom. The predicted octanol–water partition coefficient (Wildman–Crippen LogP) is 4.00. The zero-order chi connectivity index (χ0) is 23.7. The molecule has 0 radical (unpaired) electrons. The molecule has 8 nitrogen and oxygen atoms in total. The topological polar surface area (TPSA) is 93.2 Å². The number of alkyl halides is 3. The Bertz CT molecular complexity index is 1440. The minimum atomic E-state index is -4.49. The quantitative estimate of drug-likeness (QED) is 0.352. The summed E-state index contributed by atoms with van der Waals surface area (Å²) in [6, 6.07) is 13.2. The van der Waals surface area contributed by atoms with E-state index in [9.17, 15) is 13.2 Å². The van der Waals surface area contributed by atoms with Gasteiger partial charge < -0.3 is 10.4 Å². The number of fused-ring (bicyclic) bond motifs is 3. The van der Waals surface area contributed by atoms with Crippen LogP contribution >= 0.6 is 0 Å². The average molecular weight is 467 g/mol. The number of nitrogens with zero attached hydrogens (tertiary/aromatic N) is 6. The van der Waals surface area contributed by atoms with Crippen LogP contribution in [0.2, 0.25) is 0 Å². The second-order valence-corrected chi connectivity index (χ2v) is 7.76. The molecular formula is C23H20F3N7O. The summed E-state index contributed by atoms with van der Waals surface area (Å²) in [5.74, 6) is 0.322. The van der Waals surface area contributed by atoms with E-state index in [0.717, 1.165) is 17.7 Å². The first-order valence-electron chi connectivity index (χ1n) is 10.6. The van der Waals surface area contributed by atoms with Crippen LogP contribution in [0.4, 0.5) is 19.0 Å². The van der Waals surface area contributed by atoms with Crippen molar-refractivity contribution in [2.75, 3.05) is 18.5 Å². The molecule has 0 saturated heterocycles. The molecule has 0 bridgehead atoms. The SMILES string of the molecule is OCCCNc1nc2cc(C(F)(F)F)ccc2n2c(-c3cn(Cc4ccccc4)nn3)cnc12. The highest BCUT2D eigenvalue weighted by Gasteiger charge is 2.31. The number of aliphatic hydroxyl groups is 1. The van der Waals surface area contributed by atoms with Crippen LogP contribution < -0.4 is 5.32 Å². The van der Waals surface area contributed by atoms with E-state index in [2.05, 4.69) is 25.6 Å². The van der Waals surface area contributed by atoms with E-state index in [4.69, 9.17) is 5.11 Å². The van der Waals surface area contributed by atoms with Crippen LogP contribution in [0.25, 0.3) is 28.1 Å². The van der Waals surface area contributed by atoms with Gasteiger partial charge in [-0.25, -0.2) is 14.6 Å². The normalized spacial score (nSPS) is 12.0. The summed E-state index contributed by atoms with van der Waals surface area (Å²) in [5.41, 5.74) is 2.43. The maximum Gasteiger partial charge on any atom is 0.416 e. The molecule has 0 amide bonds. The Labute approximate surface area is 191 Å². The highest BCUT2D eigenvalue weighted by atomic mass is 19.4. The third-order valence-electron chi connectivity index (χ3n) is 5.37. The van der Waals surface area contributed by atoms with Crippen molar-refractivity contribution in [3.05, 3.63) is 72.1 Å². The number of benzene rings is 2. The van der Waals surface area contributed by atoms with Gasteiger partial charge in [0.05, 0.1) is 41.2 Å². The van der Waals surface area contributed by atoms with Gasteiger partial charge in [-0.05, 0) is 30.2 Å². The Morgan fingerprint density at radius 3 is 2.65 bits per heavy atom. The summed E-state index contributed by atoms with van der Waals surface area (Å²) in [6.45, 7) is 0.883. The van der Waals surface area contributed by atoms with Gasteiger partial charge in [0.15, 0.2) is 11.5 Å². The molecule has 0 spiro atoms. The smallest absolute Gasteiger partial charge is 0.396 e. The number of anilines is 1. The molecule has 174 valence electrons. The van der Waals surface area contributed by atoms with Crippen LogP contribution in [0, 0.1) is 0 Å². The second kappa shape index (κ2) is 8.75. The Kier molecular flexibility index (Phi) is 5.62. The molecule has 3 heterocycles. The molecule has 3 aromatic heterocycles. The fourth-order valence-corrected chi connectivity index (χ4v) is 3.76. The lowest BCUT2D eigenvalue weighted by Gasteiger charge is -2.12. The first kappa shape index (κ1) is 21.8. The number of halogens is 3. The highest BCUT2D eigenvalue weighted by molar-refractivity contribution is 5.86. The molecule has 2 aromatic carbocycles. The third-order valence-corrected chi connectivity index (χ3v) is 5.37. The Balaban J connectivity index is 1.63. The van der Waals surface area contributed by atoms with E-state index in [1.807, 2.05) is 30.3 Å². The Morgan fingerprint density at radius 1 is 1.06 bits per heavy atom. The maximum absolute atomic E-state index is 13.3. The summed E-state index contributed by atoms with van der Waals surface area (Å²) >= 11 is 0. The lowest BCUT2D eigenvalue weighted by molar-refractivity contribution is -0.137. The molecule has 0 atom stereocenters. The van der Waals surface area contributed by atoms with Gasteiger partial charge in [-0.2, -0.15) is 13.2 Å². The van der Waals surface area contributed by atoms with Gasteiger partial charge in [-0.15, -0.1) is 5.10 Å². The van der Waals surface area contributed by atoms with Gasteiger partial charge >= 0.3 is 6.18 Å². The molecule has 0 aliphatic carbocycles.